The van der Waals surface area contributed by atoms with Gasteiger partial charge in [-0.2, -0.15) is 5.10 Å². The molecule has 18 heavy (non-hydrogen) atoms. The van der Waals surface area contributed by atoms with Crippen molar-refractivity contribution in [3.63, 3.8) is 0 Å². The van der Waals surface area contributed by atoms with E-state index in [2.05, 4.69) is 38.1 Å². The first-order valence-corrected chi connectivity index (χ1v) is 6.32. The van der Waals surface area contributed by atoms with Gasteiger partial charge in [-0.05, 0) is 52.4 Å². The lowest BCUT2D eigenvalue weighted by Gasteiger charge is -1.98. The van der Waals surface area contributed by atoms with Crippen molar-refractivity contribution in [3.8, 4) is 0 Å². The largest absolute Gasteiger partial charge is 0.272 e. The Morgan fingerprint density at radius 3 is 2.94 bits per heavy atom. The standard InChI is InChI=1S/C13H10IN3O/c14-12-5-1-3-10(7-12)8-16-17-13(18)11-4-2-6-15-9-11/h1-9H,(H,17,18)/b16-8+. The van der Waals surface area contributed by atoms with E-state index in [1.807, 2.05) is 24.3 Å². The first-order chi connectivity index (χ1) is 8.75. The van der Waals surface area contributed by atoms with Crippen molar-refractivity contribution in [2.75, 3.05) is 0 Å². The van der Waals surface area contributed by atoms with Crippen LogP contribution in [-0.4, -0.2) is 17.1 Å². The van der Waals surface area contributed by atoms with Crippen LogP contribution in [0.4, 0.5) is 0 Å². The van der Waals surface area contributed by atoms with Gasteiger partial charge in [-0.25, -0.2) is 5.43 Å². The number of hydrogen-bond acceptors (Lipinski definition) is 3. The van der Waals surface area contributed by atoms with E-state index in [4.69, 9.17) is 0 Å². The molecule has 0 aliphatic carbocycles. The SMILES string of the molecule is O=C(N/N=C/c1cccc(I)c1)c1cccnc1. The van der Waals surface area contributed by atoms with Gasteiger partial charge in [-0.1, -0.05) is 12.1 Å². The van der Waals surface area contributed by atoms with Crippen LogP contribution in [0.2, 0.25) is 0 Å². The Kier molecular flexibility index (Phi) is 4.40. The number of amides is 1. The van der Waals surface area contributed by atoms with E-state index in [-0.39, 0.29) is 5.91 Å². The number of halogens is 1. The number of pyridine rings is 1. The summed E-state index contributed by atoms with van der Waals surface area (Å²) in [7, 11) is 0. The van der Waals surface area contributed by atoms with Crippen LogP contribution in [0.15, 0.2) is 53.9 Å². The predicted octanol–water partition coefficient (Wildman–Crippen LogP) is 2.45. The van der Waals surface area contributed by atoms with Crippen molar-refractivity contribution in [2.24, 2.45) is 5.10 Å². The highest BCUT2D eigenvalue weighted by Gasteiger charge is 2.02. The Labute approximate surface area is 118 Å². The predicted molar refractivity (Wildman–Crippen MR) is 78.5 cm³/mol. The van der Waals surface area contributed by atoms with Crippen LogP contribution in [0.1, 0.15) is 15.9 Å². The summed E-state index contributed by atoms with van der Waals surface area (Å²) in [5.74, 6) is -0.273. The molecule has 0 fully saturated rings. The molecule has 0 aliphatic heterocycles. The highest BCUT2D eigenvalue weighted by molar-refractivity contribution is 14.1. The summed E-state index contributed by atoms with van der Waals surface area (Å²) in [5, 5.41) is 3.90. The number of carbonyl (C=O) groups excluding carboxylic acids is 1. The van der Waals surface area contributed by atoms with Crippen LogP contribution in [0.25, 0.3) is 0 Å². The summed E-state index contributed by atoms with van der Waals surface area (Å²) in [5.41, 5.74) is 3.88. The van der Waals surface area contributed by atoms with Gasteiger partial charge in [0.1, 0.15) is 0 Å². The van der Waals surface area contributed by atoms with Crippen LogP contribution in [0.3, 0.4) is 0 Å². The van der Waals surface area contributed by atoms with Crippen LogP contribution in [-0.2, 0) is 0 Å². The maximum absolute atomic E-state index is 11.6. The van der Waals surface area contributed by atoms with E-state index in [0.717, 1.165) is 9.13 Å². The Hall–Kier alpha value is -1.76. The molecule has 0 radical (unpaired) electrons. The Balaban J connectivity index is 1.98. The van der Waals surface area contributed by atoms with Gasteiger partial charge >= 0.3 is 0 Å². The van der Waals surface area contributed by atoms with Crippen molar-refractivity contribution in [1.82, 2.24) is 10.4 Å². The molecule has 1 aromatic heterocycles. The van der Waals surface area contributed by atoms with Crippen molar-refractivity contribution in [1.29, 1.82) is 0 Å². The molecule has 1 amide bonds. The number of benzene rings is 1. The van der Waals surface area contributed by atoms with Gasteiger partial charge in [0, 0.05) is 16.0 Å². The smallest absolute Gasteiger partial charge is 0.267 e. The number of hydrogen-bond donors (Lipinski definition) is 1. The van der Waals surface area contributed by atoms with E-state index >= 15 is 0 Å². The molecule has 0 saturated heterocycles. The molecule has 1 aromatic carbocycles. The quantitative estimate of drug-likeness (QED) is 0.525. The zero-order valence-electron chi connectivity index (χ0n) is 9.38. The first kappa shape index (κ1) is 12.7. The fourth-order valence-electron chi connectivity index (χ4n) is 1.31. The summed E-state index contributed by atoms with van der Waals surface area (Å²) in [6.07, 6.45) is 4.72. The third kappa shape index (κ3) is 3.63. The zero-order chi connectivity index (χ0) is 12.8. The molecular weight excluding hydrogens is 341 g/mol. The van der Waals surface area contributed by atoms with Crippen molar-refractivity contribution in [2.45, 2.75) is 0 Å². The molecule has 0 unspecified atom stereocenters. The number of nitrogens with one attached hydrogen (secondary N) is 1. The Morgan fingerprint density at radius 2 is 2.22 bits per heavy atom. The van der Waals surface area contributed by atoms with Gasteiger partial charge in [-0.15, -0.1) is 0 Å². The summed E-state index contributed by atoms with van der Waals surface area (Å²) < 4.78 is 1.12. The third-order valence-electron chi connectivity index (χ3n) is 2.15. The highest BCUT2D eigenvalue weighted by atomic mass is 127. The molecule has 0 bridgehead atoms. The molecule has 1 heterocycles. The maximum Gasteiger partial charge on any atom is 0.272 e. The summed E-state index contributed by atoms with van der Waals surface area (Å²) >= 11 is 2.22. The molecule has 0 saturated carbocycles. The van der Waals surface area contributed by atoms with Gasteiger partial charge in [-0.3, -0.25) is 9.78 Å². The average Bonchev–Trinajstić information content (AvgIpc) is 2.40. The lowest BCUT2D eigenvalue weighted by atomic mass is 10.2. The monoisotopic (exact) mass is 351 g/mol. The lowest BCUT2D eigenvalue weighted by molar-refractivity contribution is 0.0955. The fourth-order valence-corrected chi connectivity index (χ4v) is 1.88. The van der Waals surface area contributed by atoms with Crippen LogP contribution < -0.4 is 5.43 Å². The van der Waals surface area contributed by atoms with Crippen LogP contribution >= 0.6 is 22.6 Å². The van der Waals surface area contributed by atoms with Crippen molar-refractivity contribution in [3.05, 3.63) is 63.5 Å². The van der Waals surface area contributed by atoms with Gasteiger partial charge in [0.05, 0.1) is 11.8 Å². The van der Waals surface area contributed by atoms with Gasteiger partial charge in [0.15, 0.2) is 0 Å². The molecule has 90 valence electrons. The van der Waals surface area contributed by atoms with Gasteiger partial charge in [0.2, 0.25) is 0 Å². The van der Waals surface area contributed by atoms with E-state index in [1.165, 1.54) is 6.20 Å². The number of rotatable bonds is 3. The van der Waals surface area contributed by atoms with E-state index in [1.54, 1.807) is 24.5 Å². The van der Waals surface area contributed by atoms with E-state index in [9.17, 15) is 4.79 Å². The molecule has 1 N–H and O–H groups in total. The molecule has 2 rings (SSSR count). The van der Waals surface area contributed by atoms with E-state index < -0.39 is 0 Å². The minimum atomic E-state index is -0.273. The van der Waals surface area contributed by atoms with Crippen molar-refractivity contribution < 1.29 is 4.79 Å². The minimum absolute atomic E-state index is 0.273. The molecule has 0 atom stereocenters. The highest BCUT2D eigenvalue weighted by Crippen LogP contribution is 2.05. The summed E-state index contributed by atoms with van der Waals surface area (Å²) in [6, 6.07) is 11.2. The number of aromatic nitrogens is 1. The Morgan fingerprint density at radius 1 is 1.33 bits per heavy atom. The average molecular weight is 351 g/mol. The second-order valence-corrected chi connectivity index (χ2v) is 4.74. The summed E-state index contributed by atoms with van der Waals surface area (Å²) in [6.45, 7) is 0. The minimum Gasteiger partial charge on any atom is -0.267 e. The molecule has 4 nitrogen and oxygen atoms in total. The Bertz CT molecular complexity index is 569. The van der Waals surface area contributed by atoms with Gasteiger partial charge in [0.25, 0.3) is 5.91 Å². The fraction of sp³-hybridized carbons (Fsp3) is 0. The maximum atomic E-state index is 11.6. The second kappa shape index (κ2) is 6.25. The number of hydrazone groups is 1. The number of nitrogens with zero attached hydrogens (tertiary/aromatic N) is 2. The first-order valence-electron chi connectivity index (χ1n) is 5.25. The van der Waals surface area contributed by atoms with Crippen molar-refractivity contribution >= 4 is 34.7 Å². The zero-order valence-corrected chi connectivity index (χ0v) is 11.5. The topological polar surface area (TPSA) is 54.4 Å². The van der Waals surface area contributed by atoms with Crippen LogP contribution in [0, 0.1) is 3.57 Å². The summed E-state index contributed by atoms with van der Waals surface area (Å²) in [4.78, 5) is 15.5. The van der Waals surface area contributed by atoms with Gasteiger partial charge < -0.3 is 0 Å². The molecular formula is C13H10IN3O. The molecule has 2 aromatic rings. The third-order valence-corrected chi connectivity index (χ3v) is 2.82. The lowest BCUT2D eigenvalue weighted by Crippen LogP contribution is -2.17. The molecule has 0 aliphatic rings. The second-order valence-electron chi connectivity index (χ2n) is 3.50. The molecule has 5 heteroatoms. The number of carbonyl (C=O) groups is 1. The molecule has 0 spiro atoms. The normalized spacial score (nSPS) is 10.5. The van der Waals surface area contributed by atoms with Crippen LogP contribution in [0.5, 0.6) is 0 Å². The van der Waals surface area contributed by atoms with E-state index in [0.29, 0.717) is 5.56 Å².